The van der Waals surface area contributed by atoms with Gasteiger partial charge in [-0.15, -0.1) is 0 Å². The molecule has 0 aliphatic carbocycles. The third kappa shape index (κ3) is 17.3. The van der Waals surface area contributed by atoms with Crippen molar-refractivity contribution in [2.75, 3.05) is 77.5 Å². The Morgan fingerprint density at radius 2 is 1.29 bits per heavy atom. The van der Waals surface area contributed by atoms with Crippen molar-refractivity contribution in [2.24, 2.45) is 0 Å². The van der Waals surface area contributed by atoms with Crippen LogP contribution in [0.1, 0.15) is 63.1 Å². The number of ether oxygens (including phenoxy) is 6. The Hall–Kier alpha value is -4.48. The first-order valence-corrected chi connectivity index (χ1v) is 17.3. The largest absolute Gasteiger partial charge is 0.466 e. The molecule has 3 rings (SSSR count). The molecule has 13 heteroatoms. The number of para-hydroxylation sites is 1. The maximum atomic E-state index is 13.3. The molecule has 2 aromatic carbocycles. The average molecular weight is 710 g/mol. The summed E-state index contributed by atoms with van der Waals surface area (Å²) < 4.78 is 32.0. The van der Waals surface area contributed by atoms with E-state index >= 15 is 0 Å². The van der Waals surface area contributed by atoms with Gasteiger partial charge in [-0.25, -0.2) is 4.79 Å². The Morgan fingerprint density at radius 3 is 2.00 bits per heavy atom. The fourth-order valence-corrected chi connectivity index (χ4v) is 4.67. The van der Waals surface area contributed by atoms with Crippen LogP contribution in [-0.2, 0) is 49.3 Å². The van der Waals surface area contributed by atoms with Gasteiger partial charge in [0.2, 0.25) is 11.8 Å². The molecule has 3 amide bonds. The van der Waals surface area contributed by atoms with E-state index in [2.05, 4.69) is 22.5 Å². The second kappa shape index (κ2) is 23.1. The highest BCUT2D eigenvalue weighted by Crippen LogP contribution is 2.26. The fraction of sp³-hybridized carbons (Fsp3) is 0.526. The minimum Gasteiger partial charge on any atom is -0.466 e. The minimum absolute atomic E-state index is 0.0473. The second-order valence-corrected chi connectivity index (χ2v) is 12.5. The van der Waals surface area contributed by atoms with Crippen molar-refractivity contribution in [1.82, 2.24) is 10.6 Å². The third-order valence-electron chi connectivity index (χ3n) is 7.13. The number of amides is 3. The number of carbonyl (C=O) groups excluding carboxylic acids is 4. The number of nitrogens with zero attached hydrogens (tertiary/aromatic N) is 1. The van der Waals surface area contributed by atoms with Crippen molar-refractivity contribution in [1.29, 1.82) is 0 Å². The van der Waals surface area contributed by atoms with E-state index in [1.807, 2.05) is 48.5 Å². The highest BCUT2D eigenvalue weighted by atomic mass is 16.6. The molecule has 0 saturated heterocycles. The summed E-state index contributed by atoms with van der Waals surface area (Å²) >= 11 is 0. The zero-order chi connectivity index (χ0) is 36.7. The maximum Gasteiger partial charge on any atom is 0.407 e. The number of fused-ring (bicyclic) bond motifs is 2. The van der Waals surface area contributed by atoms with Gasteiger partial charge in [0.1, 0.15) is 5.60 Å². The zero-order valence-electron chi connectivity index (χ0n) is 30.0. The number of rotatable bonds is 22. The first-order valence-electron chi connectivity index (χ1n) is 17.3. The summed E-state index contributed by atoms with van der Waals surface area (Å²) in [4.78, 5) is 50.9. The van der Waals surface area contributed by atoms with E-state index in [9.17, 15) is 19.2 Å². The van der Waals surface area contributed by atoms with E-state index in [1.165, 1.54) is 0 Å². The summed E-state index contributed by atoms with van der Waals surface area (Å²) in [5, 5.41) is 5.40. The lowest BCUT2D eigenvalue weighted by Crippen LogP contribution is -2.34. The first-order chi connectivity index (χ1) is 24.6. The number of alkyl carbamates (subject to hydrolysis) is 1. The van der Waals surface area contributed by atoms with Gasteiger partial charge in [0.15, 0.2) is 0 Å². The van der Waals surface area contributed by atoms with E-state index < -0.39 is 11.7 Å². The zero-order valence-corrected chi connectivity index (χ0v) is 30.0. The smallest absolute Gasteiger partial charge is 0.407 e. The molecule has 13 nitrogen and oxygen atoms in total. The Balaban J connectivity index is 1.13. The van der Waals surface area contributed by atoms with Crippen LogP contribution in [0, 0.1) is 11.8 Å². The summed E-state index contributed by atoms with van der Waals surface area (Å²) in [5.74, 6) is 5.58. The lowest BCUT2D eigenvalue weighted by Gasteiger charge is -2.26. The molecule has 0 saturated carbocycles. The average Bonchev–Trinajstić information content (AvgIpc) is 3.09. The van der Waals surface area contributed by atoms with Gasteiger partial charge in [-0.2, -0.15) is 0 Å². The number of anilines is 1. The van der Waals surface area contributed by atoms with E-state index in [0.717, 1.165) is 22.4 Å². The standard InChI is InChI=1S/C38H51N3O10/c1-38(2,3)51-37(45)40-19-22-47-24-26-49-28-27-48-25-23-46-21-17-36(44)50-20-8-18-39-34(42)15-16-35(43)41-29-32-11-5-4-9-30(32)13-14-31-10-6-7-12-33(31)41/h4-7,9-12H,8,15-29H2,1-3H3,(H,39,42)(H,40,45). The number of hydrogen-bond donors (Lipinski definition) is 2. The summed E-state index contributed by atoms with van der Waals surface area (Å²) in [6, 6.07) is 15.3. The quantitative estimate of drug-likeness (QED) is 0.105. The Morgan fingerprint density at radius 1 is 0.686 bits per heavy atom. The molecule has 51 heavy (non-hydrogen) atoms. The van der Waals surface area contributed by atoms with E-state index in [0.29, 0.717) is 72.3 Å². The minimum atomic E-state index is -0.534. The van der Waals surface area contributed by atoms with Crippen LogP contribution in [0.2, 0.25) is 0 Å². The van der Waals surface area contributed by atoms with Crippen molar-refractivity contribution in [3.05, 3.63) is 65.2 Å². The van der Waals surface area contributed by atoms with Gasteiger partial charge in [-0.3, -0.25) is 14.4 Å². The van der Waals surface area contributed by atoms with Gasteiger partial charge < -0.3 is 44.0 Å². The van der Waals surface area contributed by atoms with Crippen LogP contribution in [0.3, 0.4) is 0 Å². The lowest BCUT2D eigenvalue weighted by molar-refractivity contribution is -0.145. The number of benzene rings is 2. The topological polar surface area (TPSA) is 151 Å². The predicted molar refractivity (Wildman–Crippen MR) is 190 cm³/mol. The molecule has 0 spiro atoms. The summed E-state index contributed by atoms with van der Waals surface area (Å²) in [5.41, 5.74) is 2.79. The van der Waals surface area contributed by atoms with E-state index in [-0.39, 0.29) is 50.3 Å². The fourth-order valence-electron chi connectivity index (χ4n) is 4.67. The summed E-state index contributed by atoms with van der Waals surface area (Å²) in [7, 11) is 0. The molecule has 278 valence electrons. The summed E-state index contributed by atoms with van der Waals surface area (Å²) in [6.07, 6.45) is 0.190. The molecule has 1 heterocycles. The highest BCUT2D eigenvalue weighted by molar-refractivity contribution is 5.96. The van der Waals surface area contributed by atoms with Crippen LogP contribution in [0.15, 0.2) is 48.5 Å². The number of nitrogens with one attached hydrogen (secondary N) is 2. The first kappa shape index (κ1) is 40.9. The van der Waals surface area contributed by atoms with Crippen molar-refractivity contribution in [3.63, 3.8) is 0 Å². The van der Waals surface area contributed by atoms with Gasteiger partial charge in [-0.1, -0.05) is 42.2 Å². The van der Waals surface area contributed by atoms with Crippen LogP contribution in [0.5, 0.6) is 0 Å². The van der Waals surface area contributed by atoms with E-state index in [1.54, 1.807) is 25.7 Å². The molecule has 1 aliphatic heterocycles. The molecule has 0 radical (unpaired) electrons. The normalized spacial score (nSPS) is 11.9. The highest BCUT2D eigenvalue weighted by Gasteiger charge is 2.22. The molecule has 2 N–H and O–H groups in total. The monoisotopic (exact) mass is 709 g/mol. The summed E-state index contributed by atoms with van der Waals surface area (Å²) in [6.45, 7) is 9.50. The number of carbonyl (C=O) groups is 4. The van der Waals surface area contributed by atoms with Gasteiger partial charge in [0, 0.05) is 37.1 Å². The van der Waals surface area contributed by atoms with E-state index in [4.69, 9.17) is 28.4 Å². The molecule has 0 unspecified atom stereocenters. The Bertz CT molecular complexity index is 1460. The van der Waals surface area contributed by atoms with Gasteiger partial charge in [0.05, 0.1) is 78.1 Å². The number of esters is 1. The SMILES string of the molecule is CC(C)(C)OC(=O)NCCOCCOCCOCCOCCC(=O)OCCCNC(=O)CCC(=O)N1Cc2ccccc2C#Cc2ccccc21. The maximum absolute atomic E-state index is 13.3. The predicted octanol–water partition coefficient (Wildman–Crippen LogP) is 3.74. The molecule has 0 atom stereocenters. The molecule has 2 aromatic rings. The molecule has 0 bridgehead atoms. The lowest BCUT2D eigenvalue weighted by atomic mass is 10.0. The number of hydrogen-bond acceptors (Lipinski definition) is 10. The van der Waals surface area contributed by atoms with Gasteiger partial charge in [-0.05, 0) is 51.0 Å². The van der Waals surface area contributed by atoms with Crippen molar-refractivity contribution >= 4 is 29.6 Å². The van der Waals surface area contributed by atoms with Gasteiger partial charge in [0.25, 0.3) is 0 Å². The molecule has 0 aromatic heterocycles. The van der Waals surface area contributed by atoms with Crippen molar-refractivity contribution < 1.29 is 47.6 Å². The Kier molecular flexibility index (Phi) is 18.5. The van der Waals surface area contributed by atoms with Crippen LogP contribution in [0.25, 0.3) is 0 Å². The van der Waals surface area contributed by atoms with Gasteiger partial charge >= 0.3 is 12.1 Å². The third-order valence-corrected chi connectivity index (χ3v) is 7.13. The molecule has 0 fully saturated rings. The molecular weight excluding hydrogens is 658 g/mol. The second-order valence-electron chi connectivity index (χ2n) is 12.5. The van der Waals surface area contributed by atoms with Crippen LogP contribution in [0.4, 0.5) is 10.5 Å². The Labute approximate surface area is 300 Å². The van der Waals surface area contributed by atoms with Crippen molar-refractivity contribution in [3.8, 4) is 11.8 Å². The molecular formula is C38H51N3O10. The van der Waals surface area contributed by atoms with Crippen LogP contribution >= 0.6 is 0 Å². The van der Waals surface area contributed by atoms with Crippen molar-refractivity contribution in [2.45, 2.75) is 58.6 Å². The van der Waals surface area contributed by atoms with Crippen LogP contribution in [-0.4, -0.2) is 102 Å². The van der Waals surface area contributed by atoms with Crippen LogP contribution < -0.4 is 15.5 Å². The molecule has 1 aliphatic rings.